The summed E-state index contributed by atoms with van der Waals surface area (Å²) in [4.78, 5) is 0. The Hall–Kier alpha value is -1.87. The lowest BCUT2D eigenvalue weighted by Crippen LogP contribution is -2.34. The van der Waals surface area contributed by atoms with Crippen LogP contribution in [0.1, 0.15) is 55.3 Å². The number of hydrogen-bond donors (Lipinski definition) is 2. The average molecular weight is 324 g/mol. The van der Waals surface area contributed by atoms with Crippen molar-refractivity contribution in [2.75, 3.05) is 5.32 Å². The molecule has 3 heteroatoms. The smallest absolute Gasteiger partial charge is 0.171 e. The molecule has 1 atom stereocenters. The van der Waals surface area contributed by atoms with Crippen molar-refractivity contribution in [3.05, 3.63) is 65.2 Å². The van der Waals surface area contributed by atoms with Crippen LogP contribution in [0.25, 0.3) is 0 Å². The van der Waals surface area contributed by atoms with Crippen LogP contribution >= 0.6 is 12.2 Å². The molecule has 0 spiro atoms. The molecule has 0 unspecified atom stereocenters. The molecule has 2 nitrogen and oxygen atoms in total. The predicted octanol–water partition coefficient (Wildman–Crippen LogP) is 5.17. The van der Waals surface area contributed by atoms with Gasteiger partial charge in [-0.3, -0.25) is 0 Å². The van der Waals surface area contributed by atoms with Crippen LogP contribution < -0.4 is 10.6 Å². The van der Waals surface area contributed by atoms with Gasteiger partial charge in [0, 0.05) is 5.69 Å². The summed E-state index contributed by atoms with van der Waals surface area (Å²) in [5.41, 5.74) is 5.23. The minimum Gasteiger partial charge on any atom is -0.356 e. The number of nitrogens with one attached hydrogen (secondary N) is 2. The second-order valence-electron chi connectivity index (χ2n) is 6.48. The number of thiocarbonyl (C=S) groups is 1. The van der Waals surface area contributed by atoms with Crippen LogP contribution in [0.3, 0.4) is 0 Å². The highest BCUT2D eigenvalue weighted by molar-refractivity contribution is 7.80. The molecular formula is C20H24N2S. The van der Waals surface area contributed by atoms with Gasteiger partial charge in [-0.1, -0.05) is 56.3 Å². The van der Waals surface area contributed by atoms with E-state index in [0.29, 0.717) is 17.1 Å². The maximum Gasteiger partial charge on any atom is 0.171 e. The van der Waals surface area contributed by atoms with Gasteiger partial charge in [-0.2, -0.15) is 0 Å². The molecule has 2 N–H and O–H groups in total. The van der Waals surface area contributed by atoms with Gasteiger partial charge in [-0.25, -0.2) is 0 Å². The van der Waals surface area contributed by atoms with E-state index in [-0.39, 0.29) is 0 Å². The van der Waals surface area contributed by atoms with Crippen molar-refractivity contribution in [1.82, 2.24) is 5.32 Å². The zero-order chi connectivity index (χ0) is 16.2. The van der Waals surface area contributed by atoms with Crippen molar-refractivity contribution in [1.29, 1.82) is 0 Å². The largest absolute Gasteiger partial charge is 0.356 e. The molecule has 2 aromatic carbocycles. The van der Waals surface area contributed by atoms with E-state index in [1.807, 2.05) is 6.07 Å². The van der Waals surface area contributed by atoms with Crippen molar-refractivity contribution in [3.8, 4) is 0 Å². The monoisotopic (exact) mass is 324 g/mol. The molecule has 0 radical (unpaired) electrons. The Balaban J connectivity index is 1.72. The molecule has 0 bridgehead atoms. The fraction of sp³-hybridized carbons (Fsp3) is 0.350. The zero-order valence-electron chi connectivity index (χ0n) is 13.8. The van der Waals surface area contributed by atoms with Crippen molar-refractivity contribution >= 4 is 23.0 Å². The first-order chi connectivity index (χ1) is 11.1. The third kappa shape index (κ3) is 3.73. The lowest BCUT2D eigenvalue weighted by Gasteiger charge is -2.28. The molecule has 0 amide bonds. The summed E-state index contributed by atoms with van der Waals surface area (Å²) < 4.78 is 0. The van der Waals surface area contributed by atoms with Crippen molar-refractivity contribution in [3.63, 3.8) is 0 Å². The van der Waals surface area contributed by atoms with Gasteiger partial charge >= 0.3 is 0 Å². The SMILES string of the molecule is CC(C)c1ccccc1NC(=S)N[C@H]1CCCc2ccccc21. The van der Waals surface area contributed by atoms with E-state index in [1.54, 1.807) is 0 Å². The second-order valence-corrected chi connectivity index (χ2v) is 6.89. The number of rotatable bonds is 3. The van der Waals surface area contributed by atoms with Gasteiger partial charge in [-0.15, -0.1) is 0 Å². The Kier molecular flexibility index (Phi) is 4.97. The van der Waals surface area contributed by atoms with Crippen LogP contribution in [0, 0.1) is 0 Å². The topological polar surface area (TPSA) is 24.1 Å². The van der Waals surface area contributed by atoms with Gasteiger partial charge < -0.3 is 10.6 Å². The van der Waals surface area contributed by atoms with Crippen molar-refractivity contribution in [2.24, 2.45) is 0 Å². The fourth-order valence-corrected chi connectivity index (χ4v) is 3.59. The number of aryl methyl sites for hydroxylation is 1. The summed E-state index contributed by atoms with van der Waals surface area (Å²) in [5.74, 6) is 0.469. The lowest BCUT2D eigenvalue weighted by molar-refractivity contribution is 0.529. The van der Waals surface area contributed by atoms with Crippen LogP contribution in [0.4, 0.5) is 5.69 Å². The van der Waals surface area contributed by atoms with E-state index >= 15 is 0 Å². The van der Waals surface area contributed by atoms with E-state index in [1.165, 1.54) is 29.5 Å². The van der Waals surface area contributed by atoms with E-state index < -0.39 is 0 Å². The Morgan fingerprint density at radius 3 is 2.65 bits per heavy atom. The van der Waals surface area contributed by atoms with E-state index in [4.69, 9.17) is 12.2 Å². The van der Waals surface area contributed by atoms with Crippen LogP contribution in [0.15, 0.2) is 48.5 Å². The van der Waals surface area contributed by atoms with Crippen LogP contribution in [-0.2, 0) is 6.42 Å². The molecule has 3 rings (SSSR count). The highest BCUT2D eigenvalue weighted by Gasteiger charge is 2.20. The second kappa shape index (κ2) is 7.14. The first kappa shape index (κ1) is 16.0. The summed E-state index contributed by atoms with van der Waals surface area (Å²) in [6.07, 6.45) is 3.51. The van der Waals surface area contributed by atoms with E-state index in [9.17, 15) is 0 Å². The summed E-state index contributed by atoms with van der Waals surface area (Å²) >= 11 is 5.57. The first-order valence-electron chi connectivity index (χ1n) is 8.39. The number of para-hydroxylation sites is 1. The third-order valence-corrected chi connectivity index (χ3v) is 4.73. The third-order valence-electron chi connectivity index (χ3n) is 4.51. The fourth-order valence-electron chi connectivity index (χ4n) is 3.33. The number of anilines is 1. The Bertz CT molecular complexity index is 694. The predicted molar refractivity (Wildman–Crippen MR) is 102 cm³/mol. The quantitative estimate of drug-likeness (QED) is 0.761. The Labute approximate surface area is 144 Å². The molecule has 1 aliphatic rings. The molecule has 23 heavy (non-hydrogen) atoms. The molecule has 0 saturated carbocycles. The first-order valence-corrected chi connectivity index (χ1v) is 8.80. The zero-order valence-corrected chi connectivity index (χ0v) is 14.6. The van der Waals surface area contributed by atoms with Crippen LogP contribution in [0.2, 0.25) is 0 Å². The minimum absolute atomic E-state index is 0.311. The molecule has 1 aliphatic carbocycles. The van der Waals surface area contributed by atoms with Gasteiger partial charge in [0.25, 0.3) is 0 Å². The summed E-state index contributed by atoms with van der Waals surface area (Å²) in [7, 11) is 0. The van der Waals surface area contributed by atoms with Crippen molar-refractivity contribution in [2.45, 2.75) is 45.1 Å². The standard InChI is InChI=1S/C20H24N2S/c1-14(2)16-10-5-6-12-18(16)21-20(23)22-19-13-7-9-15-8-3-4-11-17(15)19/h3-6,8,10-12,14,19H,7,9,13H2,1-2H3,(H2,21,22,23)/t19-/m0/s1. The molecule has 120 valence electrons. The van der Waals surface area contributed by atoms with Crippen LogP contribution in [0.5, 0.6) is 0 Å². The highest BCUT2D eigenvalue weighted by Crippen LogP contribution is 2.30. The molecule has 0 heterocycles. The Morgan fingerprint density at radius 1 is 1.09 bits per heavy atom. The number of benzene rings is 2. The van der Waals surface area contributed by atoms with E-state index in [0.717, 1.165) is 12.1 Å². The van der Waals surface area contributed by atoms with Gasteiger partial charge in [0.1, 0.15) is 0 Å². The molecule has 0 fully saturated rings. The molecule has 0 aliphatic heterocycles. The van der Waals surface area contributed by atoms with E-state index in [2.05, 4.69) is 66.9 Å². The van der Waals surface area contributed by atoms with Gasteiger partial charge in [0.15, 0.2) is 5.11 Å². The lowest BCUT2D eigenvalue weighted by atomic mass is 9.88. The van der Waals surface area contributed by atoms with Crippen molar-refractivity contribution < 1.29 is 0 Å². The average Bonchev–Trinajstić information content (AvgIpc) is 2.55. The Morgan fingerprint density at radius 2 is 1.83 bits per heavy atom. The minimum atomic E-state index is 0.311. The van der Waals surface area contributed by atoms with Gasteiger partial charge in [0.2, 0.25) is 0 Å². The van der Waals surface area contributed by atoms with Gasteiger partial charge in [-0.05, 0) is 60.2 Å². The molecule has 0 saturated heterocycles. The maximum atomic E-state index is 5.57. The molecular weight excluding hydrogens is 300 g/mol. The normalized spacial score (nSPS) is 16.7. The van der Waals surface area contributed by atoms with Crippen LogP contribution in [-0.4, -0.2) is 5.11 Å². The molecule has 0 aromatic heterocycles. The number of hydrogen-bond acceptors (Lipinski definition) is 1. The maximum absolute atomic E-state index is 5.57. The van der Waals surface area contributed by atoms with Gasteiger partial charge in [0.05, 0.1) is 6.04 Å². The number of fused-ring (bicyclic) bond motifs is 1. The summed E-state index contributed by atoms with van der Waals surface area (Å²) in [6, 6.07) is 17.4. The summed E-state index contributed by atoms with van der Waals surface area (Å²) in [5, 5.41) is 7.61. The molecule has 2 aromatic rings. The highest BCUT2D eigenvalue weighted by atomic mass is 32.1. The summed E-state index contributed by atoms with van der Waals surface area (Å²) in [6.45, 7) is 4.41.